The maximum absolute atomic E-state index is 12.1. The average Bonchev–Trinajstić information content (AvgIpc) is 2.45. The minimum atomic E-state index is -0.206. The van der Waals surface area contributed by atoms with Crippen molar-refractivity contribution in [2.45, 2.75) is 6.42 Å². The molecule has 2 aromatic carbocycles. The smallest absolute Gasteiger partial charge is 0.321 e. The fourth-order valence-electron chi connectivity index (χ4n) is 1.93. The van der Waals surface area contributed by atoms with Crippen molar-refractivity contribution < 1.29 is 4.79 Å². The maximum Gasteiger partial charge on any atom is 0.321 e. The van der Waals surface area contributed by atoms with Crippen molar-refractivity contribution in [2.75, 3.05) is 18.9 Å². The fourth-order valence-corrected chi connectivity index (χ4v) is 1.93. The van der Waals surface area contributed by atoms with Crippen molar-refractivity contribution in [3.05, 3.63) is 42.5 Å². The SMILES string of the molecule is CN(CCC(=N)N)C(=O)Nc1cccc2ccccc12. The molecule has 2 amide bonds. The third-order valence-corrected chi connectivity index (χ3v) is 3.09. The molecule has 20 heavy (non-hydrogen) atoms. The summed E-state index contributed by atoms with van der Waals surface area (Å²) in [6, 6.07) is 13.5. The van der Waals surface area contributed by atoms with Gasteiger partial charge in [0.25, 0.3) is 0 Å². The predicted molar refractivity (Wildman–Crippen MR) is 82.1 cm³/mol. The van der Waals surface area contributed by atoms with E-state index in [0.717, 1.165) is 16.5 Å². The third-order valence-electron chi connectivity index (χ3n) is 3.09. The maximum atomic E-state index is 12.1. The van der Waals surface area contributed by atoms with E-state index in [1.165, 1.54) is 4.90 Å². The molecule has 0 atom stereocenters. The second-order valence-corrected chi connectivity index (χ2v) is 4.65. The lowest BCUT2D eigenvalue weighted by atomic mass is 10.1. The number of fused-ring (bicyclic) bond motifs is 1. The summed E-state index contributed by atoms with van der Waals surface area (Å²) in [5.41, 5.74) is 6.07. The predicted octanol–water partition coefficient (Wildman–Crippen LogP) is 2.63. The van der Waals surface area contributed by atoms with Crippen molar-refractivity contribution in [1.82, 2.24) is 4.90 Å². The first-order valence-corrected chi connectivity index (χ1v) is 6.40. The number of hydrogen-bond acceptors (Lipinski definition) is 2. The van der Waals surface area contributed by atoms with Gasteiger partial charge in [0.2, 0.25) is 0 Å². The number of benzene rings is 2. The zero-order valence-corrected chi connectivity index (χ0v) is 11.4. The number of carbonyl (C=O) groups excluding carboxylic acids is 1. The summed E-state index contributed by atoms with van der Waals surface area (Å²) in [5, 5.41) is 12.1. The topological polar surface area (TPSA) is 82.2 Å². The van der Waals surface area contributed by atoms with E-state index in [-0.39, 0.29) is 11.9 Å². The number of nitrogens with two attached hydrogens (primary N) is 1. The van der Waals surface area contributed by atoms with Crippen molar-refractivity contribution >= 4 is 28.3 Å². The molecule has 0 radical (unpaired) electrons. The van der Waals surface area contributed by atoms with E-state index in [0.29, 0.717) is 13.0 Å². The van der Waals surface area contributed by atoms with Crippen molar-refractivity contribution in [3.63, 3.8) is 0 Å². The Kier molecular flexibility index (Phi) is 4.20. The average molecular weight is 270 g/mol. The highest BCUT2D eigenvalue weighted by Gasteiger charge is 2.10. The van der Waals surface area contributed by atoms with Crippen molar-refractivity contribution in [3.8, 4) is 0 Å². The fraction of sp³-hybridized carbons (Fsp3) is 0.200. The minimum Gasteiger partial charge on any atom is -0.388 e. The summed E-state index contributed by atoms with van der Waals surface area (Å²) in [6.07, 6.45) is 0.374. The lowest BCUT2D eigenvalue weighted by Gasteiger charge is -2.18. The molecule has 104 valence electrons. The highest BCUT2D eigenvalue weighted by atomic mass is 16.2. The van der Waals surface area contributed by atoms with Gasteiger partial charge in [0, 0.05) is 25.4 Å². The van der Waals surface area contributed by atoms with Crippen LogP contribution in [0.4, 0.5) is 10.5 Å². The number of amidine groups is 1. The van der Waals surface area contributed by atoms with Crippen LogP contribution in [0.5, 0.6) is 0 Å². The van der Waals surface area contributed by atoms with Gasteiger partial charge in [-0.05, 0) is 11.5 Å². The number of anilines is 1. The number of amides is 2. The number of hydrogen-bond donors (Lipinski definition) is 3. The molecule has 0 spiro atoms. The number of nitrogens with zero attached hydrogens (tertiary/aromatic N) is 1. The normalized spacial score (nSPS) is 10.2. The Hall–Kier alpha value is -2.56. The highest BCUT2D eigenvalue weighted by molar-refractivity contribution is 6.01. The first kappa shape index (κ1) is 13.9. The largest absolute Gasteiger partial charge is 0.388 e. The van der Waals surface area contributed by atoms with Crippen LogP contribution in [-0.4, -0.2) is 30.4 Å². The van der Waals surface area contributed by atoms with Crippen molar-refractivity contribution in [1.29, 1.82) is 5.41 Å². The van der Waals surface area contributed by atoms with Crippen LogP contribution in [-0.2, 0) is 0 Å². The van der Waals surface area contributed by atoms with Crippen LogP contribution >= 0.6 is 0 Å². The van der Waals surface area contributed by atoms with Crippen LogP contribution in [0.1, 0.15) is 6.42 Å². The van der Waals surface area contributed by atoms with Crippen molar-refractivity contribution in [2.24, 2.45) is 5.73 Å². The Morgan fingerprint density at radius 3 is 2.70 bits per heavy atom. The molecule has 0 unspecified atom stereocenters. The van der Waals surface area contributed by atoms with E-state index in [1.54, 1.807) is 7.05 Å². The molecular formula is C15H18N4O. The highest BCUT2D eigenvalue weighted by Crippen LogP contribution is 2.23. The van der Waals surface area contributed by atoms with Crippen LogP contribution < -0.4 is 11.1 Å². The second-order valence-electron chi connectivity index (χ2n) is 4.65. The summed E-state index contributed by atoms with van der Waals surface area (Å²) in [5.74, 6) is 0.0785. The molecule has 0 bridgehead atoms. The first-order valence-electron chi connectivity index (χ1n) is 6.40. The summed E-state index contributed by atoms with van der Waals surface area (Å²) >= 11 is 0. The van der Waals surface area contributed by atoms with Gasteiger partial charge in [-0.2, -0.15) is 0 Å². The molecule has 0 aliphatic carbocycles. The van der Waals surface area contributed by atoms with E-state index >= 15 is 0 Å². The molecule has 0 aliphatic rings. The zero-order valence-electron chi connectivity index (χ0n) is 11.4. The quantitative estimate of drug-likeness (QED) is 0.589. The minimum absolute atomic E-state index is 0.0785. The molecule has 2 aromatic rings. The second kappa shape index (κ2) is 6.06. The summed E-state index contributed by atoms with van der Waals surface area (Å²) in [6.45, 7) is 0.423. The van der Waals surface area contributed by atoms with Gasteiger partial charge in [-0.1, -0.05) is 36.4 Å². The summed E-state index contributed by atoms with van der Waals surface area (Å²) in [7, 11) is 1.68. The van der Waals surface area contributed by atoms with E-state index in [9.17, 15) is 4.79 Å². The van der Waals surface area contributed by atoms with E-state index in [4.69, 9.17) is 11.1 Å². The van der Waals surface area contributed by atoms with Gasteiger partial charge in [0.1, 0.15) is 0 Å². The van der Waals surface area contributed by atoms with Crippen LogP contribution in [0.3, 0.4) is 0 Å². The Bertz CT molecular complexity index is 633. The number of urea groups is 1. The molecule has 0 fully saturated rings. The monoisotopic (exact) mass is 270 g/mol. The molecule has 0 saturated heterocycles. The van der Waals surface area contributed by atoms with Gasteiger partial charge in [0.15, 0.2) is 0 Å². The Morgan fingerprint density at radius 2 is 1.95 bits per heavy atom. The Balaban J connectivity index is 2.12. The molecule has 5 heteroatoms. The molecule has 0 saturated carbocycles. The molecule has 0 heterocycles. The lowest BCUT2D eigenvalue weighted by Crippen LogP contribution is -2.33. The summed E-state index contributed by atoms with van der Waals surface area (Å²) < 4.78 is 0. The van der Waals surface area contributed by atoms with E-state index < -0.39 is 0 Å². The van der Waals surface area contributed by atoms with Gasteiger partial charge in [-0.15, -0.1) is 0 Å². The number of rotatable bonds is 4. The summed E-state index contributed by atoms with van der Waals surface area (Å²) in [4.78, 5) is 13.6. The molecule has 0 aromatic heterocycles. The first-order chi connectivity index (χ1) is 9.58. The molecule has 5 nitrogen and oxygen atoms in total. The van der Waals surface area contributed by atoms with Gasteiger partial charge < -0.3 is 16.0 Å². The zero-order chi connectivity index (χ0) is 14.5. The molecular weight excluding hydrogens is 252 g/mol. The third kappa shape index (κ3) is 3.26. The molecule has 4 N–H and O–H groups in total. The van der Waals surface area contributed by atoms with Gasteiger partial charge in [0.05, 0.1) is 11.5 Å². The molecule has 2 rings (SSSR count). The van der Waals surface area contributed by atoms with Gasteiger partial charge >= 0.3 is 6.03 Å². The van der Waals surface area contributed by atoms with Crippen LogP contribution in [0.2, 0.25) is 0 Å². The van der Waals surface area contributed by atoms with Gasteiger partial charge in [-0.25, -0.2) is 4.79 Å². The molecule has 0 aliphatic heterocycles. The number of carbonyl (C=O) groups is 1. The van der Waals surface area contributed by atoms with Crippen LogP contribution in [0.25, 0.3) is 10.8 Å². The van der Waals surface area contributed by atoms with Crippen LogP contribution in [0.15, 0.2) is 42.5 Å². The Morgan fingerprint density at radius 1 is 1.25 bits per heavy atom. The Labute approximate surface area is 117 Å². The lowest BCUT2D eigenvalue weighted by molar-refractivity contribution is 0.223. The van der Waals surface area contributed by atoms with Crippen LogP contribution in [0, 0.1) is 5.41 Å². The van der Waals surface area contributed by atoms with E-state index in [2.05, 4.69) is 5.32 Å². The standard InChI is InChI=1S/C15H18N4O/c1-19(10-9-14(16)17)15(20)18-13-8-4-6-11-5-2-3-7-12(11)13/h2-8H,9-10H2,1H3,(H3,16,17)(H,18,20). The van der Waals surface area contributed by atoms with Gasteiger partial charge in [-0.3, -0.25) is 5.41 Å². The van der Waals surface area contributed by atoms with E-state index in [1.807, 2.05) is 42.5 Å². The number of nitrogens with one attached hydrogen (secondary N) is 2.